The molecule has 2 rings (SSSR count). The molecular weight excluding hydrogens is 468 g/mol. The van der Waals surface area contributed by atoms with Gasteiger partial charge in [0.2, 0.25) is 5.75 Å². The van der Waals surface area contributed by atoms with E-state index in [0.29, 0.717) is 5.39 Å². The van der Waals surface area contributed by atoms with Crippen molar-refractivity contribution in [2.45, 2.75) is 74.1 Å². The molecule has 0 N–H and O–H groups in total. The summed E-state index contributed by atoms with van der Waals surface area (Å²) in [5.74, 6) is -0.0934. The van der Waals surface area contributed by atoms with Gasteiger partial charge < -0.3 is 18.6 Å². The Balaban J connectivity index is 2.34. The summed E-state index contributed by atoms with van der Waals surface area (Å²) in [6.07, 6.45) is 12.1. The van der Waals surface area contributed by atoms with E-state index in [2.05, 4.69) is 46.8 Å². The number of carbonyl (C=O) groups is 1. The van der Waals surface area contributed by atoms with Crippen LogP contribution in [0.3, 0.4) is 0 Å². The number of fused-ring (bicyclic) bond motifs is 1. The van der Waals surface area contributed by atoms with Crippen molar-refractivity contribution in [3.05, 3.63) is 75.2 Å². The van der Waals surface area contributed by atoms with Crippen LogP contribution in [-0.2, 0) is 4.79 Å². The maximum atomic E-state index is 13.0. The van der Waals surface area contributed by atoms with E-state index in [0.717, 1.165) is 31.3 Å². The van der Waals surface area contributed by atoms with Crippen LogP contribution in [0.1, 0.15) is 74.1 Å². The second-order valence-corrected chi connectivity index (χ2v) is 9.64. The molecule has 0 saturated heterocycles. The van der Waals surface area contributed by atoms with Gasteiger partial charge >= 0.3 is 11.6 Å². The number of para-hydroxylation sites is 1. The molecule has 1 heterocycles. The van der Waals surface area contributed by atoms with Crippen LogP contribution in [0.2, 0.25) is 0 Å². The lowest BCUT2D eigenvalue weighted by Crippen LogP contribution is -2.12. The number of benzene rings is 1. The van der Waals surface area contributed by atoms with Crippen LogP contribution in [0.15, 0.2) is 74.0 Å². The summed E-state index contributed by atoms with van der Waals surface area (Å²) < 4.78 is 22.8. The molecule has 0 aliphatic carbocycles. The van der Waals surface area contributed by atoms with Crippen LogP contribution in [0.5, 0.6) is 17.2 Å². The second-order valence-electron chi connectivity index (χ2n) is 9.64. The molecule has 0 amide bonds. The Morgan fingerprint density at radius 2 is 1.32 bits per heavy atom. The van der Waals surface area contributed by atoms with Gasteiger partial charge in [-0.15, -0.1) is 0 Å². The third-order valence-corrected chi connectivity index (χ3v) is 5.57. The molecule has 1 aromatic heterocycles. The predicted octanol–water partition coefficient (Wildman–Crippen LogP) is 7.86. The molecule has 1 aromatic carbocycles. The molecule has 37 heavy (non-hydrogen) atoms. The molecule has 0 aliphatic heterocycles. The molecule has 0 radical (unpaired) electrons. The number of carbonyl (C=O) groups excluding carboxylic acids is 1. The highest BCUT2D eigenvalue weighted by Crippen LogP contribution is 2.37. The molecule has 0 atom stereocenters. The van der Waals surface area contributed by atoms with Crippen LogP contribution in [0.4, 0.5) is 0 Å². The number of allylic oxidation sites excluding steroid dienone is 6. The van der Waals surface area contributed by atoms with Gasteiger partial charge in [-0.05, 0) is 91.5 Å². The third-order valence-electron chi connectivity index (χ3n) is 5.57. The average molecular weight is 509 g/mol. The van der Waals surface area contributed by atoms with Gasteiger partial charge in [0.25, 0.3) is 0 Å². The Bertz CT molecular complexity index is 1250. The quantitative estimate of drug-likeness (QED) is 0.119. The van der Waals surface area contributed by atoms with E-state index in [1.165, 1.54) is 23.6 Å². The van der Waals surface area contributed by atoms with Crippen LogP contribution in [0.25, 0.3) is 11.0 Å². The average Bonchev–Trinajstić information content (AvgIpc) is 2.80. The van der Waals surface area contributed by atoms with Crippen molar-refractivity contribution in [3.8, 4) is 17.2 Å². The fourth-order valence-corrected chi connectivity index (χ4v) is 3.57. The van der Waals surface area contributed by atoms with E-state index in [1.54, 1.807) is 18.2 Å². The smallest absolute Gasteiger partial charge is 0.383 e. The summed E-state index contributed by atoms with van der Waals surface area (Å²) in [4.78, 5) is 24.5. The standard InChI is InChI=1S/C31H40O6/c1-21(2)11-8-13-23(5)17-19-34-29-26-15-10-16-27(36-25(7)32)28(26)37-31(33)30(29)35-20-18-24(6)14-9-12-22(3)4/h10-12,15-18H,8-9,13-14,19-20H2,1-7H3. The maximum absolute atomic E-state index is 13.0. The van der Waals surface area contributed by atoms with Crippen molar-refractivity contribution in [2.75, 3.05) is 13.2 Å². The van der Waals surface area contributed by atoms with E-state index in [4.69, 9.17) is 18.6 Å². The van der Waals surface area contributed by atoms with Crippen molar-refractivity contribution in [3.63, 3.8) is 0 Å². The van der Waals surface area contributed by atoms with E-state index >= 15 is 0 Å². The molecule has 0 unspecified atom stereocenters. The van der Waals surface area contributed by atoms with Crippen LogP contribution < -0.4 is 19.8 Å². The highest BCUT2D eigenvalue weighted by Gasteiger charge is 2.20. The zero-order valence-corrected chi connectivity index (χ0v) is 23.2. The SMILES string of the molecule is CC(=O)Oc1cccc2c(OCC=C(C)CCC=C(C)C)c(OCC=C(C)CCC=C(C)C)c(=O)oc12. The molecule has 0 fully saturated rings. The lowest BCUT2D eigenvalue weighted by Gasteiger charge is -2.14. The summed E-state index contributed by atoms with van der Waals surface area (Å²) in [5, 5.41) is 0.494. The van der Waals surface area contributed by atoms with Gasteiger partial charge in [-0.25, -0.2) is 4.79 Å². The lowest BCUT2D eigenvalue weighted by molar-refractivity contribution is -0.131. The van der Waals surface area contributed by atoms with E-state index in [-0.39, 0.29) is 36.0 Å². The topological polar surface area (TPSA) is 75.0 Å². The molecule has 0 bridgehead atoms. The van der Waals surface area contributed by atoms with Gasteiger partial charge in [0, 0.05) is 6.92 Å². The first-order chi connectivity index (χ1) is 17.6. The Kier molecular flexibility index (Phi) is 11.9. The minimum absolute atomic E-state index is 0.00332. The van der Waals surface area contributed by atoms with E-state index in [9.17, 15) is 9.59 Å². The summed E-state index contributed by atoms with van der Waals surface area (Å²) in [5.41, 5.74) is 4.37. The van der Waals surface area contributed by atoms with Crippen molar-refractivity contribution >= 4 is 16.9 Å². The van der Waals surface area contributed by atoms with Crippen molar-refractivity contribution < 1.29 is 23.4 Å². The number of esters is 1. The van der Waals surface area contributed by atoms with Crippen molar-refractivity contribution in [1.29, 1.82) is 0 Å². The first-order valence-corrected chi connectivity index (χ1v) is 12.7. The number of rotatable bonds is 13. The molecule has 200 valence electrons. The third kappa shape index (κ3) is 10.2. The Morgan fingerprint density at radius 3 is 1.84 bits per heavy atom. The fraction of sp³-hybridized carbons (Fsp3) is 0.419. The molecular formula is C31H40O6. The van der Waals surface area contributed by atoms with Crippen LogP contribution in [0, 0.1) is 0 Å². The van der Waals surface area contributed by atoms with Crippen molar-refractivity contribution in [1.82, 2.24) is 0 Å². The number of ether oxygens (including phenoxy) is 3. The molecule has 2 aromatic rings. The summed E-state index contributed by atoms with van der Waals surface area (Å²) in [6, 6.07) is 5.03. The lowest BCUT2D eigenvalue weighted by atomic mass is 10.1. The normalized spacial score (nSPS) is 11.8. The molecule has 0 aliphatic rings. The zero-order valence-electron chi connectivity index (χ0n) is 23.2. The highest BCUT2D eigenvalue weighted by molar-refractivity contribution is 5.91. The van der Waals surface area contributed by atoms with Gasteiger partial charge in [0.05, 0.1) is 5.39 Å². The van der Waals surface area contributed by atoms with Gasteiger partial charge in [0.1, 0.15) is 13.2 Å². The minimum atomic E-state index is -0.693. The first kappa shape index (κ1) is 29.7. The Morgan fingerprint density at radius 1 is 0.784 bits per heavy atom. The van der Waals surface area contributed by atoms with Gasteiger partial charge in [-0.3, -0.25) is 4.79 Å². The molecule has 6 nitrogen and oxygen atoms in total. The van der Waals surface area contributed by atoms with Gasteiger partial charge in [-0.1, -0.05) is 40.5 Å². The molecule has 6 heteroatoms. The highest BCUT2D eigenvalue weighted by atomic mass is 16.5. The predicted molar refractivity (Wildman–Crippen MR) is 150 cm³/mol. The summed E-state index contributed by atoms with van der Waals surface area (Å²) in [6.45, 7) is 14.2. The van der Waals surface area contributed by atoms with Crippen LogP contribution >= 0.6 is 0 Å². The van der Waals surface area contributed by atoms with E-state index < -0.39 is 11.6 Å². The number of hydrogen-bond donors (Lipinski definition) is 0. The van der Waals surface area contributed by atoms with Gasteiger partial charge in [0.15, 0.2) is 17.1 Å². The summed E-state index contributed by atoms with van der Waals surface area (Å²) in [7, 11) is 0. The first-order valence-electron chi connectivity index (χ1n) is 12.7. The monoisotopic (exact) mass is 508 g/mol. The number of hydrogen-bond acceptors (Lipinski definition) is 6. The summed E-state index contributed by atoms with van der Waals surface area (Å²) >= 11 is 0. The molecule has 0 spiro atoms. The van der Waals surface area contributed by atoms with Gasteiger partial charge in [-0.2, -0.15) is 0 Å². The maximum Gasteiger partial charge on any atom is 0.383 e. The Labute approximate surface area is 220 Å². The second kappa shape index (κ2) is 14.9. The zero-order chi connectivity index (χ0) is 27.4. The molecule has 0 saturated carbocycles. The minimum Gasteiger partial charge on any atom is -0.485 e. The van der Waals surface area contributed by atoms with Crippen LogP contribution in [-0.4, -0.2) is 19.2 Å². The largest absolute Gasteiger partial charge is 0.485 e. The fourth-order valence-electron chi connectivity index (χ4n) is 3.57. The van der Waals surface area contributed by atoms with E-state index in [1.807, 2.05) is 19.1 Å². The van der Waals surface area contributed by atoms with Crippen molar-refractivity contribution in [2.24, 2.45) is 0 Å². The Hall–Kier alpha value is -3.54.